The quantitative estimate of drug-likeness (QED) is 0.722. The lowest BCUT2D eigenvalue weighted by Crippen LogP contribution is -2.41. The highest BCUT2D eigenvalue weighted by Crippen LogP contribution is 2.26. The summed E-state index contributed by atoms with van der Waals surface area (Å²) in [6.45, 7) is 3.83. The summed E-state index contributed by atoms with van der Waals surface area (Å²) in [5.41, 5.74) is 1.53. The standard InChI is InChI=1S/C17H15N3O3S/c1-4-17(2,3)18-16(21)15-14(7-8-24-15)22-10-11-5-6-12-13(9-11)20-23-19-12/h1,5-9H,10H2,2-3H3,(H,18,21). The van der Waals surface area contributed by atoms with Gasteiger partial charge in [-0.2, -0.15) is 0 Å². The van der Waals surface area contributed by atoms with E-state index in [9.17, 15) is 4.79 Å². The lowest BCUT2D eigenvalue weighted by molar-refractivity contribution is 0.0930. The van der Waals surface area contributed by atoms with Gasteiger partial charge in [0.1, 0.15) is 28.3 Å². The van der Waals surface area contributed by atoms with Crippen LogP contribution >= 0.6 is 11.3 Å². The number of rotatable bonds is 5. The van der Waals surface area contributed by atoms with Crippen molar-refractivity contribution in [1.29, 1.82) is 0 Å². The molecule has 1 amide bonds. The number of amides is 1. The highest BCUT2D eigenvalue weighted by molar-refractivity contribution is 7.12. The fraction of sp³-hybridized carbons (Fsp3) is 0.235. The van der Waals surface area contributed by atoms with Crippen molar-refractivity contribution < 1.29 is 14.2 Å². The van der Waals surface area contributed by atoms with Gasteiger partial charge in [0.2, 0.25) is 0 Å². The molecule has 0 unspecified atom stereocenters. The average molecular weight is 341 g/mol. The first kappa shape index (κ1) is 16.0. The van der Waals surface area contributed by atoms with Crippen molar-refractivity contribution in [2.75, 3.05) is 0 Å². The second-order valence-corrected chi connectivity index (χ2v) is 6.63. The zero-order chi connectivity index (χ0) is 17.2. The Morgan fingerprint density at radius 3 is 2.96 bits per heavy atom. The van der Waals surface area contributed by atoms with Crippen LogP contribution in [0.4, 0.5) is 0 Å². The lowest BCUT2D eigenvalue weighted by atomic mass is 10.1. The second-order valence-electron chi connectivity index (χ2n) is 5.71. The number of fused-ring (bicyclic) bond motifs is 1. The van der Waals surface area contributed by atoms with E-state index in [2.05, 4.69) is 26.2 Å². The smallest absolute Gasteiger partial charge is 0.266 e. The van der Waals surface area contributed by atoms with Crippen LogP contribution < -0.4 is 10.1 Å². The summed E-state index contributed by atoms with van der Waals surface area (Å²) < 4.78 is 10.4. The molecule has 24 heavy (non-hydrogen) atoms. The molecule has 7 heteroatoms. The molecule has 3 rings (SSSR count). The van der Waals surface area contributed by atoms with Crippen molar-refractivity contribution in [1.82, 2.24) is 15.6 Å². The number of hydrogen-bond donors (Lipinski definition) is 1. The number of carbonyl (C=O) groups is 1. The molecule has 2 aromatic heterocycles. The van der Waals surface area contributed by atoms with Gasteiger partial charge in [0.05, 0.1) is 5.54 Å². The summed E-state index contributed by atoms with van der Waals surface area (Å²) in [5.74, 6) is 2.80. The molecule has 0 spiro atoms. The van der Waals surface area contributed by atoms with Crippen LogP contribution in [0.1, 0.15) is 29.1 Å². The first-order chi connectivity index (χ1) is 11.5. The zero-order valence-corrected chi connectivity index (χ0v) is 14.0. The van der Waals surface area contributed by atoms with E-state index in [0.717, 1.165) is 5.56 Å². The molecule has 0 atom stereocenters. The van der Waals surface area contributed by atoms with E-state index in [0.29, 0.717) is 28.3 Å². The van der Waals surface area contributed by atoms with Gasteiger partial charge < -0.3 is 10.1 Å². The molecule has 0 saturated carbocycles. The van der Waals surface area contributed by atoms with Gasteiger partial charge in [-0.3, -0.25) is 4.79 Å². The predicted molar refractivity (Wildman–Crippen MR) is 90.8 cm³/mol. The van der Waals surface area contributed by atoms with Crippen LogP contribution in [0.5, 0.6) is 5.75 Å². The maximum Gasteiger partial charge on any atom is 0.266 e. The van der Waals surface area contributed by atoms with Crippen LogP contribution in [0.25, 0.3) is 11.0 Å². The van der Waals surface area contributed by atoms with Gasteiger partial charge in [-0.25, -0.2) is 4.63 Å². The maximum absolute atomic E-state index is 12.3. The van der Waals surface area contributed by atoms with Crippen LogP contribution in [0.3, 0.4) is 0 Å². The highest BCUT2D eigenvalue weighted by atomic mass is 32.1. The molecule has 0 radical (unpaired) electrons. The Morgan fingerprint density at radius 1 is 1.38 bits per heavy atom. The molecule has 3 aromatic rings. The van der Waals surface area contributed by atoms with Gasteiger partial charge in [0.15, 0.2) is 0 Å². The van der Waals surface area contributed by atoms with Gasteiger partial charge in [-0.15, -0.1) is 17.8 Å². The Hall–Kier alpha value is -2.85. The van der Waals surface area contributed by atoms with E-state index >= 15 is 0 Å². The minimum absolute atomic E-state index is 0.251. The number of thiophene rings is 1. The van der Waals surface area contributed by atoms with Crippen LogP contribution in [-0.4, -0.2) is 21.8 Å². The van der Waals surface area contributed by atoms with Crippen LogP contribution in [0, 0.1) is 12.3 Å². The Morgan fingerprint density at radius 2 is 2.17 bits per heavy atom. The van der Waals surface area contributed by atoms with Crippen molar-refractivity contribution in [3.05, 3.63) is 40.1 Å². The summed E-state index contributed by atoms with van der Waals surface area (Å²) in [4.78, 5) is 12.8. The Labute approximate surface area is 142 Å². The first-order valence-electron chi connectivity index (χ1n) is 7.20. The van der Waals surface area contributed by atoms with Crippen molar-refractivity contribution in [3.63, 3.8) is 0 Å². The van der Waals surface area contributed by atoms with E-state index in [1.165, 1.54) is 11.3 Å². The van der Waals surface area contributed by atoms with Gasteiger partial charge >= 0.3 is 0 Å². The number of nitrogens with one attached hydrogen (secondary N) is 1. The minimum Gasteiger partial charge on any atom is -0.487 e. The molecule has 1 N–H and O–H groups in total. The molecule has 0 fully saturated rings. The number of terminal acetylenes is 1. The van der Waals surface area contributed by atoms with Crippen LogP contribution in [-0.2, 0) is 6.61 Å². The molecule has 0 saturated heterocycles. The van der Waals surface area contributed by atoms with Crippen molar-refractivity contribution in [3.8, 4) is 18.1 Å². The highest BCUT2D eigenvalue weighted by Gasteiger charge is 2.22. The van der Waals surface area contributed by atoms with E-state index in [1.807, 2.05) is 12.1 Å². The average Bonchev–Trinajstić information content (AvgIpc) is 3.20. The summed E-state index contributed by atoms with van der Waals surface area (Å²) in [7, 11) is 0. The largest absolute Gasteiger partial charge is 0.487 e. The number of nitrogens with zero attached hydrogens (tertiary/aromatic N) is 2. The van der Waals surface area contributed by atoms with Gasteiger partial charge in [-0.05, 0) is 53.3 Å². The first-order valence-corrected chi connectivity index (χ1v) is 8.08. The molecule has 0 aliphatic heterocycles. The number of hydrogen-bond acceptors (Lipinski definition) is 6. The van der Waals surface area contributed by atoms with Crippen LogP contribution in [0.15, 0.2) is 34.3 Å². The van der Waals surface area contributed by atoms with Gasteiger partial charge in [0, 0.05) is 0 Å². The van der Waals surface area contributed by atoms with E-state index in [-0.39, 0.29) is 5.91 Å². The second kappa shape index (κ2) is 6.34. The fourth-order valence-electron chi connectivity index (χ4n) is 2.03. The maximum atomic E-state index is 12.3. The van der Waals surface area contributed by atoms with Crippen LogP contribution in [0.2, 0.25) is 0 Å². The fourth-order valence-corrected chi connectivity index (χ4v) is 2.76. The molecule has 0 aliphatic rings. The van der Waals surface area contributed by atoms with Crippen molar-refractivity contribution >= 4 is 28.3 Å². The normalized spacial score (nSPS) is 11.2. The molecule has 1 aromatic carbocycles. The third-order valence-corrected chi connectivity index (χ3v) is 4.23. The van der Waals surface area contributed by atoms with E-state index in [4.69, 9.17) is 11.2 Å². The van der Waals surface area contributed by atoms with Crippen molar-refractivity contribution in [2.45, 2.75) is 26.0 Å². The van der Waals surface area contributed by atoms with E-state index in [1.54, 1.807) is 31.4 Å². The molecule has 0 aliphatic carbocycles. The minimum atomic E-state index is -0.719. The molecule has 6 nitrogen and oxygen atoms in total. The molecule has 2 heterocycles. The predicted octanol–water partition coefficient (Wildman–Crippen LogP) is 3.00. The van der Waals surface area contributed by atoms with E-state index < -0.39 is 5.54 Å². The number of benzene rings is 1. The number of aromatic nitrogens is 2. The Bertz CT molecular complexity index is 920. The zero-order valence-electron chi connectivity index (χ0n) is 13.2. The SMILES string of the molecule is C#CC(C)(C)NC(=O)c1sccc1OCc1ccc2nonc2c1. The summed E-state index contributed by atoms with van der Waals surface area (Å²) in [6.07, 6.45) is 5.41. The lowest BCUT2D eigenvalue weighted by Gasteiger charge is -2.19. The Kier molecular flexibility index (Phi) is 4.23. The summed E-state index contributed by atoms with van der Waals surface area (Å²) >= 11 is 1.30. The Balaban J connectivity index is 1.71. The molecular weight excluding hydrogens is 326 g/mol. The van der Waals surface area contributed by atoms with Crippen molar-refractivity contribution in [2.24, 2.45) is 0 Å². The topological polar surface area (TPSA) is 77.2 Å². The number of carbonyl (C=O) groups excluding carboxylic acids is 1. The summed E-state index contributed by atoms with van der Waals surface area (Å²) in [6, 6.07) is 7.28. The molecular formula is C17H15N3O3S. The molecule has 122 valence electrons. The van der Waals surface area contributed by atoms with Gasteiger partial charge in [0.25, 0.3) is 5.91 Å². The van der Waals surface area contributed by atoms with Gasteiger partial charge in [-0.1, -0.05) is 12.0 Å². The third kappa shape index (κ3) is 3.39. The molecule has 0 bridgehead atoms. The monoisotopic (exact) mass is 341 g/mol. The third-order valence-electron chi connectivity index (χ3n) is 3.33. The summed E-state index contributed by atoms with van der Waals surface area (Å²) in [5, 5.41) is 12.1. The number of ether oxygens (including phenoxy) is 1.